The fourth-order valence-corrected chi connectivity index (χ4v) is 10.1. The second kappa shape index (κ2) is 19.4. The Bertz CT molecular complexity index is 2450. The lowest BCUT2D eigenvalue weighted by molar-refractivity contribution is -0.149. The molecule has 2 aromatic carbocycles. The Labute approximate surface area is 381 Å². The molecule has 2 fully saturated rings. The second-order valence-corrected chi connectivity index (χ2v) is 19.2. The minimum absolute atomic E-state index is 0.00638. The highest BCUT2D eigenvalue weighted by Crippen LogP contribution is 2.41. The number of nitrogens with zero attached hydrogens (tertiary/aromatic N) is 5. The first kappa shape index (κ1) is 47.3. The van der Waals surface area contributed by atoms with Crippen molar-refractivity contribution >= 4 is 40.8 Å². The van der Waals surface area contributed by atoms with Gasteiger partial charge >= 0.3 is 0 Å². The minimum atomic E-state index is -1.22. The van der Waals surface area contributed by atoms with Crippen molar-refractivity contribution in [3.05, 3.63) is 71.5 Å². The summed E-state index contributed by atoms with van der Waals surface area (Å²) in [7, 11) is 3.25. The van der Waals surface area contributed by atoms with E-state index in [4.69, 9.17) is 9.47 Å². The number of phenolic OH excluding ortho intramolecular Hbond substituents is 1. The zero-order chi connectivity index (χ0) is 46.8. The van der Waals surface area contributed by atoms with E-state index in [1.807, 2.05) is 45.2 Å². The van der Waals surface area contributed by atoms with Crippen molar-refractivity contribution in [3.8, 4) is 28.1 Å². The van der Waals surface area contributed by atoms with E-state index >= 15 is 0 Å². The lowest BCUT2D eigenvalue weighted by Crippen LogP contribution is -2.66. The largest absolute Gasteiger partial charge is 0.508 e. The van der Waals surface area contributed by atoms with E-state index in [2.05, 4.69) is 53.2 Å². The van der Waals surface area contributed by atoms with Crippen molar-refractivity contribution < 1.29 is 38.6 Å². The van der Waals surface area contributed by atoms with Crippen LogP contribution in [0.3, 0.4) is 0 Å². The van der Waals surface area contributed by atoms with Crippen LogP contribution in [-0.2, 0) is 59.4 Å². The number of ether oxygens (including phenoxy) is 2. The lowest BCUT2D eigenvalue weighted by Gasteiger charge is -2.42. The van der Waals surface area contributed by atoms with Crippen LogP contribution in [0.4, 0.5) is 0 Å². The molecule has 0 radical (unpaired) electrons. The van der Waals surface area contributed by atoms with E-state index in [-0.39, 0.29) is 56.0 Å². The zero-order valence-electron chi connectivity index (χ0n) is 39.1. The first-order valence-corrected chi connectivity index (χ1v) is 22.9. The Kier molecular flexibility index (Phi) is 14.2. The summed E-state index contributed by atoms with van der Waals surface area (Å²) in [5, 5.41) is 16.8. The number of nitrogens with one attached hydrogen (secondary N) is 2. The van der Waals surface area contributed by atoms with E-state index in [9.17, 15) is 29.1 Å². The number of amides is 4. The van der Waals surface area contributed by atoms with Crippen LogP contribution in [0.1, 0.15) is 77.5 Å². The van der Waals surface area contributed by atoms with Gasteiger partial charge in [0.25, 0.3) is 5.91 Å². The number of carbonyl (C=O) groups excluding carboxylic acids is 5. The second-order valence-electron chi connectivity index (χ2n) is 19.2. The number of benzene rings is 2. The minimum Gasteiger partial charge on any atom is -0.508 e. The number of aromatic hydroxyl groups is 1. The van der Waals surface area contributed by atoms with Crippen LogP contribution in [-0.4, -0.2) is 124 Å². The van der Waals surface area contributed by atoms with Crippen LogP contribution in [0.2, 0.25) is 0 Å². The number of carbonyl (C=O) groups is 5. The quantitative estimate of drug-likeness (QED) is 0.168. The molecular formula is C50H65N7O8. The number of likely N-dealkylation sites (tertiary alicyclic amines) is 1. The molecule has 7 rings (SSSR count). The van der Waals surface area contributed by atoms with Gasteiger partial charge in [-0.1, -0.05) is 39.8 Å². The predicted octanol–water partition coefficient (Wildman–Crippen LogP) is 5.28. The highest BCUT2D eigenvalue weighted by molar-refractivity contribution is 5.96. The summed E-state index contributed by atoms with van der Waals surface area (Å²) >= 11 is 0. The number of fused-ring (bicyclic) bond motifs is 6. The summed E-state index contributed by atoms with van der Waals surface area (Å²) in [6.07, 6.45) is 6.08. The first-order valence-electron chi connectivity index (χ1n) is 22.9. The number of phenols is 1. The van der Waals surface area contributed by atoms with Crippen LogP contribution in [0, 0.1) is 17.3 Å². The van der Waals surface area contributed by atoms with E-state index in [0.29, 0.717) is 51.1 Å². The van der Waals surface area contributed by atoms with Gasteiger partial charge in [0.05, 0.1) is 31.4 Å². The van der Waals surface area contributed by atoms with E-state index < -0.39 is 40.8 Å². The molecule has 4 amide bonds. The van der Waals surface area contributed by atoms with Crippen LogP contribution >= 0.6 is 0 Å². The highest BCUT2D eigenvalue weighted by Gasteiger charge is 2.43. The standard InChI is InChI=1S/C50H65N7O8/c1-9-55-26-36(23-43(55)60)47(62)54(7)44(31(3)4)46(61)52-41-20-32-18-35(21-37(59)19-32)33-12-13-42-38(22-33)39(45(56(42)10-2)40-25-51-16-14-34(40)27-64-8)24-49(5,6)29-65-30-50(28-58)15-11-17-57(53-50)48(41)63/h12-14,16,18-19,21-22,25,28,31,36,41,44,53,59H,9-11,15,17,20,23-24,26-27,29-30H2,1-8H3,(H,52,61)/t36-,41-,44-,50?/m0/s1. The lowest BCUT2D eigenvalue weighted by atomic mass is 9.84. The Balaban J connectivity index is 1.33. The Hall–Kier alpha value is -5.64. The van der Waals surface area contributed by atoms with Gasteiger partial charge in [-0.3, -0.25) is 29.2 Å². The molecule has 6 bridgehead atoms. The van der Waals surface area contributed by atoms with Crippen molar-refractivity contribution in [2.75, 3.05) is 47.0 Å². The fraction of sp³-hybridized carbons (Fsp3) is 0.520. The molecule has 5 heterocycles. The maximum absolute atomic E-state index is 14.8. The molecule has 1 unspecified atom stereocenters. The first-order chi connectivity index (χ1) is 31.0. The van der Waals surface area contributed by atoms with Gasteiger partial charge in [-0.05, 0) is 103 Å². The summed E-state index contributed by atoms with van der Waals surface area (Å²) in [4.78, 5) is 76.4. The van der Waals surface area contributed by atoms with Crippen molar-refractivity contribution in [3.63, 3.8) is 0 Å². The third kappa shape index (κ3) is 9.83. The predicted molar refractivity (Wildman–Crippen MR) is 247 cm³/mol. The monoisotopic (exact) mass is 891 g/mol. The van der Waals surface area contributed by atoms with Crippen molar-refractivity contribution in [1.29, 1.82) is 0 Å². The topological polar surface area (TPSA) is 176 Å². The average molecular weight is 892 g/mol. The van der Waals surface area contributed by atoms with Crippen LogP contribution in [0.5, 0.6) is 5.75 Å². The zero-order valence-corrected chi connectivity index (χ0v) is 39.1. The van der Waals surface area contributed by atoms with E-state index in [1.165, 1.54) is 9.91 Å². The smallest absolute Gasteiger partial charge is 0.259 e. The molecule has 0 aliphatic carbocycles. The molecule has 65 heavy (non-hydrogen) atoms. The summed E-state index contributed by atoms with van der Waals surface area (Å²) < 4.78 is 14.4. The molecule has 2 saturated heterocycles. The molecule has 15 nitrogen and oxygen atoms in total. The van der Waals surface area contributed by atoms with Crippen molar-refractivity contribution in [2.24, 2.45) is 17.3 Å². The van der Waals surface area contributed by atoms with Gasteiger partial charge in [0.1, 0.15) is 29.7 Å². The number of aromatic nitrogens is 2. The number of aldehydes is 1. The van der Waals surface area contributed by atoms with Crippen LogP contribution in [0.15, 0.2) is 54.9 Å². The molecule has 348 valence electrons. The average Bonchev–Trinajstić information content (AvgIpc) is 3.80. The van der Waals surface area contributed by atoms with Crippen LogP contribution < -0.4 is 10.7 Å². The number of methoxy groups -OCH3 is 1. The summed E-state index contributed by atoms with van der Waals surface area (Å²) in [6, 6.07) is 11.3. The van der Waals surface area contributed by atoms with Gasteiger partial charge in [-0.2, -0.15) is 0 Å². The number of aryl methyl sites for hydroxylation is 1. The fourth-order valence-electron chi connectivity index (χ4n) is 10.1. The Morgan fingerprint density at radius 3 is 2.55 bits per heavy atom. The summed E-state index contributed by atoms with van der Waals surface area (Å²) in [5.74, 6) is -2.37. The summed E-state index contributed by atoms with van der Waals surface area (Å²) in [5.41, 5.74) is 8.87. The SMILES string of the molecule is CCN1C[C@@H](C(=O)N(C)[C@H](C(=O)N[C@H]2Cc3cc(O)cc(c3)-c3ccc4c(c3)c(c(-c3cnccc3COC)n4CC)CC(C)(C)COCC3(C=O)CCCN(N3)C2=O)C(C)C)CC1=O. The molecule has 15 heteroatoms. The highest BCUT2D eigenvalue weighted by atomic mass is 16.5. The number of hydrazine groups is 1. The van der Waals surface area contributed by atoms with Crippen molar-refractivity contribution in [1.82, 2.24) is 35.1 Å². The molecule has 3 N–H and O–H groups in total. The molecular weight excluding hydrogens is 827 g/mol. The van der Waals surface area contributed by atoms with Gasteiger partial charge < -0.3 is 39.1 Å². The molecule has 4 aromatic rings. The number of likely N-dealkylation sites (N-methyl/N-ethyl adjacent to an activating group) is 1. The van der Waals surface area contributed by atoms with Crippen molar-refractivity contribution in [2.45, 2.75) is 104 Å². The molecule has 0 saturated carbocycles. The van der Waals surface area contributed by atoms with Gasteiger partial charge in [0.2, 0.25) is 17.7 Å². The normalized spacial score (nSPS) is 21.9. The Morgan fingerprint density at radius 1 is 1.08 bits per heavy atom. The molecule has 3 aliphatic heterocycles. The number of hydrogen-bond donors (Lipinski definition) is 3. The van der Waals surface area contributed by atoms with Gasteiger partial charge in [0, 0.05) is 82.0 Å². The third-order valence-corrected chi connectivity index (χ3v) is 13.3. The Morgan fingerprint density at radius 2 is 1.86 bits per heavy atom. The number of rotatable bonds is 11. The van der Waals surface area contributed by atoms with Gasteiger partial charge in [0.15, 0.2) is 0 Å². The maximum atomic E-state index is 14.8. The van der Waals surface area contributed by atoms with Crippen LogP contribution in [0.25, 0.3) is 33.3 Å². The third-order valence-electron chi connectivity index (χ3n) is 13.3. The van der Waals surface area contributed by atoms with E-state index in [0.717, 1.165) is 50.7 Å². The van der Waals surface area contributed by atoms with Gasteiger partial charge in [-0.25, -0.2) is 5.43 Å². The summed E-state index contributed by atoms with van der Waals surface area (Å²) in [6.45, 7) is 14.4. The maximum Gasteiger partial charge on any atom is 0.259 e. The molecule has 4 atom stereocenters. The van der Waals surface area contributed by atoms with E-state index in [1.54, 1.807) is 37.4 Å². The molecule has 2 aromatic heterocycles. The van der Waals surface area contributed by atoms with Gasteiger partial charge in [-0.15, -0.1) is 0 Å². The molecule has 0 spiro atoms. The number of hydrogen-bond acceptors (Lipinski definition) is 10. The number of pyridine rings is 1. The molecule has 3 aliphatic rings.